The molecule has 0 unspecified atom stereocenters. The average Bonchev–Trinajstić information content (AvgIpc) is 2.08. The van der Waals surface area contributed by atoms with Crippen LogP contribution in [0, 0.1) is 5.95 Å². The van der Waals surface area contributed by atoms with Crippen LogP contribution >= 0.6 is 11.6 Å². The predicted octanol–water partition coefficient (Wildman–Crippen LogP) is 2.36. The third-order valence-corrected chi connectivity index (χ3v) is 1.50. The lowest BCUT2D eigenvalue weighted by Gasteiger charge is -1.98. The van der Waals surface area contributed by atoms with Gasteiger partial charge in [-0.2, -0.15) is 4.39 Å². The molecule has 0 amide bonds. The second-order valence-electron chi connectivity index (χ2n) is 1.77. The van der Waals surface area contributed by atoms with Gasteiger partial charge in [0, 0.05) is 18.3 Å². The Kier molecular flexibility index (Phi) is 5.58. The summed E-state index contributed by atoms with van der Waals surface area (Å²) < 4.78 is 12.6. The van der Waals surface area contributed by atoms with Crippen LogP contribution in [0.2, 0.25) is 5.02 Å². The summed E-state index contributed by atoms with van der Waals surface area (Å²) in [5.41, 5.74) is 5.45. The number of pyridine rings is 1. The molecule has 2 nitrogen and oxygen atoms in total. The lowest BCUT2D eigenvalue weighted by molar-refractivity contribution is 0.567. The molecule has 0 saturated carbocycles. The molecular weight excluding hydrogens is 179 g/mol. The van der Waals surface area contributed by atoms with Gasteiger partial charge in [0.2, 0.25) is 5.95 Å². The third-order valence-electron chi connectivity index (χ3n) is 1.15. The van der Waals surface area contributed by atoms with Gasteiger partial charge >= 0.3 is 0 Å². The van der Waals surface area contributed by atoms with Gasteiger partial charge in [-0.1, -0.05) is 25.4 Å². The number of aromatic nitrogens is 1. The first-order valence-corrected chi connectivity index (χ1v) is 4.12. The number of nitrogens with zero attached hydrogens (tertiary/aromatic N) is 1. The van der Waals surface area contributed by atoms with E-state index in [1.54, 1.807) is 0 Å². The number of hydrogen-bond donors (Lipinski definition) is 1. The van der Waals surface area contributed by atoms with Crippen molar-refractivity contribution >= 4 is 11.6 Å². The van der Waals surface area contributed by atoms with Gasteiger partial charge in [-0.25, -0.2) is 4.98 Å². The van der Waals surface area contributed by atoms with Crippen LogP contribution in [0.1, 0.15) is 19.4 Å². The molecule has 0 spiro atoms. The Balaban J connectivity index is 0.000000561. The van der Waals surface area contributed by atoms with Gasteiger partial charge in [0.05, 0.1) is 5.02 Å². The molecule has 2 N–H and O–H groups in total. The molecular formula is C8H12ClFN2. The van der Waals surface area contributed by atoms with E-state index in [1.807, 2.05) is 13.8 Å². The monoisotopic (exact) mass is 190 g/mol. The zero-order valence-electron chi connectivity index (χ0n) is 7.14. The fourth-order valence-electron chi connectivity index (χ4n) is 0.627. The maximum Gasteiger partial charge on any atom is 0.218 e. The summed E-state index contributed by atoms with van der Waals surface area (Å²) in [7, 11) is 0. The van der Waals surface area contributed by atoms with Gasteiger partial charge in [-0.15, -0.1) is 0 Å². The highest BCUT2D eigenvalue weighted by Gasteiger charge is 2.04. The maximum atomic E-state index is 12.6. The molecule has 0 aromatic carbocycles. The van der Waals surface area contributed by atoms with Crippen LogP contribution in [0.4, 0.5) is 4.39 Å². The molecule has 1 aromatic heterocycles. The van der Waals surface area contributed by atoms with Crippen molar-refractivity contribution in [2.24, 2.45) is 5.73 Å². The first kappa shape index (κ1) is 11.3. The third kappa shape index (κ3) is 2.75. The van der Waals surface area contributed by atoms with Gasteiger partial charge < -0.3 is 5.73 Å². The summed E-state index contributed by atoms with van der Waals surface area (Å²) in [6.07, 6.45) is 1.30. The lowest BCUT2D eigenvalue weighted by atomic mass is 10.3. The summed E-state index contributed by atoms with van der Waals surface area (Å²) in [6, 6.07) is 1.51. The normalized spacial score (nSPS) is 8.75. The molecule has 12 heavy (non-hydrogen) atoms. The highest BCUT2D eigenvalue weighted by Crippen LogP contribution is 2.15. The van der Waals surface area contributed by atoms with E-state index in [2.05, 4.69) is 4.98 Å². The average molecular weight is 191 g/mol. The minimum atomic E-state index is -0.588. The van der Waals surface area contributed by atoms with E-state index in [1.165, 1.54) is 12.3 Å². The van der Waals surface area contributed by atoms with E-state index in [9.17, 15) is 4.39 Å². The molecule has 0 aliphatic carbocycles. The van der Waals surface area contributed by atoms with Crippen molar-refractivity contribution in [3.8, 4) is 0 Å². The Bertz CT molecular complexity index is 220. The zero-order chi connectivity index (χ0) is 9.56. The van der Waals surface area contributed by atoms with Crippen LogP contribution < -0.4 is 5.73 Å². The standard InChI is InChI=1S/C6H6ClFN2.C2H6/c7-5-1-2-10-6(8)4(5)3-9;1-2/h1-2H,3,9H2;1-2H3. The predicted molar refractivity (Wildman–Crippen MR) is 48.4 cm³/mol. The molecule has 0 saturated heterocycles. The van der Waals surface area contributed by atoms with Crippen molar-refractivity contribution in [3.63, 3.8) is 0 Å². The molecule has 1 heterocycles. The summed E-state index contributed by atoms with van der Waals surface area (Å²) in [5.74, 6) is -0.588. The van der Waals surface area contributed by atoms with Gasteiger partial charge in [0.1, 0.15) is 0 Å². The first-order chi connectivity index (χ1) is 5.75. The van der Waals surface area contributed by atoms with Gasteiger partial charge in [-0.05, 0) is 6.07 Å². The van der Waals surface area contributed by atoms with Crippen LogP contribution in [0.5, 0.6) is 0 Å². The Hall–Kier alpha value is -0.670. The van der Waals surface area contributed by atoms with Crippen LogP contribution in [0.25, 0.3) is 0 Å². The van der Waals surface area contributed by atoms with E-state index >= 15 is 0 Å². The van der Waals surface area contributed by atoms with Crippen LogP contribution in [0.15, 0.2) is 12.3 Å². The smallest absolute Gasteiger partial charge is 0.218 e. The van der Waals surface area contributed by atoms with E-state index in [4.69, 9.17) is 17.3 Å². The van der Waals surface area contributed by atoms with Crippen molar-refractivity contribution < 1.29 is 4.39 Å². The Morgan fingerprint density at radius 1 is 1.58 bits per heavy atom. The van der Waals surface area contributed by atoms with Crippen molar-refractivity contribution in [1.29, 1.82) is 0 Å². The Morgan fingerprint density at radius 3 is 2.50 bits per heavy atom. The number of nitrogens with two attached hydrogens (primary N) is 1. The summed E-state index contributed by atoms with van der Waals surface area (Å²) >= 11 is 5.57. The summed E-state index contributed by atoms with van der Waals surface area (Å²) in [5, 5.41) is 0.329. The number of rotatable bonds is 1. The number of halogens is 2. The molecule has 4 heteroatoms. The van der Waals surface area contributed by atoms with E-state index in [-0.39, 0.29) is 12.1 Å². The van der Waals surface area contributed by atoms with Crippen molar-refractivity contribution in [2.75, 3.05) is 0 Å². The first-order valence-electron chi connectivity index (χ1n) is 3.74. The van der Waals surface area contributed by atoms with Crippen molar-refractivity contribution in [3.05, 3.63) is 28.8 Å². The SMILES string of the molecule is CC.NCc1c(Cl)ccnc1F. The Labute approximate surface area is 76.6 Å². The molecule has 0 aliphatic heterocycles. The molecule has 0 fully saturated rings. The van der Waals surface area contributed by atoms with Crippen molar-refractivity contribution in [2.45, 2.75) is 20.4 Å². The Morgan fingerprint density at radius 2 is 2.17 bits per heavy atom. The quantitative estimate of drug-likeness (QED) is 0.691. The van der Waals surface area contributed by atoms with Gasteiger partial charge in [0.15, 0.2) is 0 Å². The molecule has 0 atom stereocenters. The minimum Gasteiger partial charge on any atom is -0.326 e. The van der Waals surface area contributed by atoms with Crippen molar-refractivity contribution in [1.82, 2.24) is 4.98 Å². The number of hydrogen-bond acceptors (Lipinski definition) is 2. The van der Waals surface area contributed by atoms with E-state index in [0.29, 0.717) is 5.02 Å². The second kappa shape index (κ2) is 5.91. The molecule has 0 aliphatic rings. The molecule has 0 radical (unpaired) electrons. The molecule has 0 bridgehead atoms. The topological polar surface area (TPSA) is 38.9 Å². The van der Waals surface area contributed by atoms with Gasteiger partial charge in [0.25, 0.3) is 0 Å². The molecule has 1 rings (SSSR count). The lowest BCUT2D eigenvalue weighted by Crippen LogP contribution is -2.01. The minimum absolute atomic E-state index is 0.0819. The van der Waals surface area contributed by atoms with Crippen LogP contribution in [0.3, 0.4) is 0 Å². The zero-order valence-corrected chi connectivity index (χ0v) is 7.90. The second-order valence-corrected chi connectivity index (χ2v) is 2.17. The van der Waals surface area contributed by atoms with Gasteiger partial charge in [-0.3, -0.25) is 0 Å². The molecule has 1 aromatic rings. The maximum absolute atomic E-state index is 12.6. The molecule has 68 valence electrons. The fraction of sp³-hybridized carbons (Fsp3) is 0.375. The highest BCUT2D eigenvalue weighted by atomic mass is 35.5. The fourth-order valence-corrected chi connectivity index (χ4v) is 0.838. The summed E-state index contributed by atoms with van der Waals surface area (Å²) in [6.45, 7) is 4.08. The van der Waals surface area contributed by atoms with Crippen LogP contribution in [-0.2, 0) is 6.54 Å². The van der Waals surface area contributed by atoms with E-state index in [0.717, 1.165) is 0 Å². The van der Waals surface area contributed by atoms with Crippen LogP contribution in [-0.4, -0.2) is 4.98 Å². The van der Waals surface area contributed by atoms with E-state index < -0.39 is 5.95 Å². The summed E-state index contributed by atoms with van der Waals surface area (Å²) in [4.78, 5) is 3.38. The highest BCUT2D eigenvalue weighted by molar-refractivity contribution is 6.31. The largest absolute Gasteiger partial charge is 0.326 e.